The Labute approximate surface area is 219 Å². The SMILES string of the molecule is COC(=O)N1c2ccc3c(nc(CC(C(=O)O)c4cccc(C(F)F)c4)n3C3CCCOC3)c2CC[C@@H]1C. The first kappa shape index (κ1) is 26.1. The minimum Gasteiger partial charge on any atom is -0.481 e. The molecular weight excluding hydrogens is 496 g/mol. The lowest BCUT2D eigenvalue weighted by Crippen LogP contribution is -2.42. The highest BCUT2D eigenvalue weighted by molar-refractivity contribution is 5.95. The fourth-order valence-corrected chi connectivity index (χ4v) is 5.74. The quantitative estimate of drug-likeness (QED) is 0.446. The van der Waals surface area contributed by atoms with Crippen LogP contribution in [0.25, 0.3) is 11.0 Å². The van der Waals surface area contributed by atoms with Crippen molar-refractivity contribution in [2.24, 2.45) is 0 Å². The zero-order valence-electron chi connectivity index (χ0n) is 21.4. The van der Waals surface area contributed by atoms with Crippen LogP contribution < -0.4 is 4.90 Å². The molecule has 3 heterocycles. The van der Waals surface area contributed by atoms with E-state index in [0.717, 1.165) is 36.0 Å². The first-order valence-electron chi connectivity index (χ1n) is 12.9. The van der Waals surface area contributed by atoms with Gasteiger partial charge in [-0.1, -0.05) is 18.2 Å². The third kappa shape index (κ3) is 4.73. The summed E-state index contributed by atoms with van der Waals surface area (Å²) in [6, 6.07) is 9.32. The number of rotatable bonds is 6. The topological polar surface area (TPSA) is 93.9 Å². The smallest absolute Gasteiger partial charge is 0.414 e. The van der Waals surface area contributed by atoms with Crippen molar-refractivity contribution in [1.82, 2.24) is 9.55 Å². The molecule has 1 amide bonds. The van der Waals surface area contributed by atoms with Crippen LogP contribution in [0.15, 0.2) is 36.4 Å². The molecule has 0 aliphatic carbocycles. The Balaban J connectivity index is 1.64. The summed E-state index contributed by atoms with van der Waals surface area (Å²) in [5, 5.41) is 10.1. The normalized spacial score (nSPS) is 20.4. The number of halogens is 2. The zero-order chi connectivity index (χ0) is 27.0. The Kier molecular flexibility index (Phi) is 7.34. The van der Waals surface area contributed by atoms with Crippen LogP contribution in [-0.4, -0.2) is 53.1 Å². The molecular formula is C28H31F2N3O5. The summed E-state index contributed by atoms with van der Waals surface area (Å²) in [6.45, 7) is 3.11. The summed E-state index contributed by atoms with van der Waals surface area (Å²) >= 11 is 0. The predicted molar refractivity (Wildman–Crippen MR) is 137 cm³/mol. The maximum absolute atomic E-state index is 13.4. The van der Waals surface area contributed by atoms with Crippen LogP contribution >= 0.6 is 0 Å². The molecule has 0 radical (unpaired) electrons. The molecule has 3 aromatic rings. The summed E-state index contributed by atoms with van der Waals surface area (Å²) in [6.07, 6.45) is 0.0361. The van der Waals surface area contributed by atoms with Crippen molar-refractivity contribution in [3.8, 4) is 0 Å². The van der Waals surface area contributed by atoms with Gasteiger partial charge in [-0.2, -0.15) is 0 Å². The van der Waals surface area contributed by atoms with Crippen molar-refractivity contribution in [3.05, 3.63) is 58.9 Å². The molecule has 38 heavy (non-hydrogen) atoms. The lowest BCUT2D eigenvalue weighted by molar-refractivity contribution is -0.138. The van der Waals surface area contributed by atoms with Crippen LogP contribution in [0, 0.1) is 0 Å². The van der Waals surface area contributed by atoms with E-state index in [1.165, 1.54) is 25.3 Å². The van der Waals surface area contributed by atoms with Crippen LogP contribution in [0.3, 0.4) is 0 Å². The molecule has 5 rings (SSSR count). The number of imidazole rings is 1. The predicted octanol–water partition coefficient (Wildman–Crippen LogP) is 5.64. The number of fused-ring (bicyclic) bond motifs is 3. The molecule has 0 saturated carbocycles. The number of alkyl halides is 2. The summed E-state index contributed by atoms with van der Waals surface area (Å²) in [5.74, 6) is -1.61. The van der Waals surface area contributed by atoms with Crippen molar-refractivity contribution < 1.29 is 33.0 Å². The van der Waals surface area contributed by atoms with Gasteiger partial charge < -0.3 is 19.1 Å². The molecule has 202 valence electrons. The van der Waals surface area contributed by atoms with E-state index in [0.29, 0.717) is 36.5 Å². The number of carbonyl (C=O) groups is 2. The highest BCUT2D eigenvalue weighted by Gasteiger charge is 2.33. The molecule has 8 nitrogen and oxygen atoms in total. The minimum atomic E-state index is -2.69. The van der Waals surface area contributed by atoms with E-state index in [4.69, 9.17) is 14.5 Å². The molecule has 1 N–H and O–H groups in total. The van der Waals surface area contributed by atoms with Gasteiger partial charge in [-0.3, -0.25) is 9.69 Å². The van der Waals surface area contributed by atoms with Gasteiger partial charge in [0.05, 0.1) is 42.4 Å². The van der Waals surface area contributed by atoms with Crippen LogP contribution in [0.1, 0.15) is 67.1 Å². The second-order valence-corrected chi connectivity index (χ2v) is 9.99. The fraction of sp³-hybridized carbons (Fsp3) is 0.464. The fourth-order valence-electron chi connectivity index (χ4n) is 5.74. The lowest BCUT2D eigenvalue weighted by atomic mass is 9.93. The Morgan fingerprint density at radius 3 is 2.68 bits per heavy atom. The summed E-state index contributed by atoms with van der Waals surface area (Å²) < 4.78 is 39.6. The second kappa shape index (κ2) is 10.7. The minimum absolute atomic E-state index is 0.0269. The van der Waals surface area contributed by atoms with Gasteiger partial charge in [-0.25, -0.2) is 18.6 Å². The Bertz CT molecular complexity index is 1350. The highest BCUT2D eigenvalue weighted by Crippen LogP contribution is 2.39. The molecule has 1 aromatic heterocycles. The average molecular weight is 528 g/mol. The number of carboxylic acids is 1. The number of hydrogen-bond donors (Lipinski definition) is 1. The number of nitrogens with zero attached hydrogens (tertiary/aromatic N) is 3. The molecule has 10 heteroatoms. The Hall–Kier alpha value is -3.53. The first-order valence-corrected chi connectivity index (χ1v) is 12.9. The number of anilines is 1. The molecule has 0 bridgehead atoms. The molecule has 1 fully saturated rings. The molecule has 3 atom stereocenters. The molecule has 2 aliphatic heterocycles. The standard InChI is InChI=1S/C28H31F2N3O5/c1-16-8-9-20-22(32(16)28(36)37-2)10-11-23-25(20)31-24(33(23)19-7-4-12-38-15-19)14-21(27(34)35)17-5-3-6-18(13-17)26(29)30/h3,5-6,10-11,13,16,19,21,26H,4,7-9,12,14-15H2,1-2H3,(H,34,35)/t16-,19?,21?/m0/s1. The molecule has 1 saturated heterocycles. The van der Waals surface area contributed by atoms with Crippen molar-refractivity contribution in [2.75, 3.05) is 25.2 Å². The van der Waals surface area contributed by atoms with Crippen molar-refractivity contribution in [1.29, 1.82) is 0 Å². The van der Waals surface area contributed by atoms with Gasteiger partial charge in [-0.15, -0.1) is 0 Å². The average Bonchev–Trinajstić information content (AvgIpc) is 3.30. The van der Waals surface area contributed by atoms with Crippen molar-refractivity contribution in [3.63, 3.8) is 0 Å². The molecule has 0 spiro atoms. The van der Waals surface area contributed by atoms with Gasteiger partial charge in [-0.05, 0) is 56.4 Å². The third-order valence-electron chi connectivity index (χ3n) is 7.65. The van der Waals surface area contributed by atoms with E-state index < -0.39 is 24.4 Å². The summed E-state index contributed by atoms with van der Waals surface area (Å²) in [4.78, 5) is 31.6. The molecule has 2 unspecified atom stereocenters. The third-order valence-corrected chi connectivity index (χ3v) is 7.65. The van der Waals surface area contributed by atoms with Crippen LogP contribution in [0.2, 0.25) is 0 Å². The molecule has 2 aliphatic rings. The van der Waals surface area contributed by atoms with E-state index in [9.17, 15) is 23.5 Å². The number of methoxy groups -OCH3 is 1. The largest absolute Gasteiger partial charge is 0.481 e. The highest BCUT2D eigenvalue weighted by atomic mass is 19.3. The van der Waals surface area contributed by atoms with E-state index in [-0.39, 0.29) is 24.1 Å². The summed E-state index contributed by atoms with van der Waals surface area (Å²) in [5.41, 5.74) is 3.30. The van der Waals surface area contributed by atoms with Crippen molar-refractivity contribution >= 4 is 28.8 Å². The second-order valence-electron chi connectivity index (χ2n) is 9.99. The number of ether oxygens (including phenoxy) is 2. The zero-order valence-corrected chi connectivity index (χ0v) is 21.4. The van der Waals surface area contributed by atoms with E-state index in [2.05, 4.69) is 4.57 Å². The van der Waals surface area contributed by atoms with E-state index in [1.54, 1.807) is 11.0 Å². The number of carboxylic acid groups (broad SMARTS) is 1. The monoisotopic (exact) mass is 527 g/mol. The Morgan fingerprint density at radius 2 is 2.00 bits per heavy atom. The van der Waals surface area contributed by atoms with E-state index >= 15 is 0 Å². The van der Waals surface area contributed by atoms with Gasteiger partial charge in [0.25, 0.3) is 6.43 Å². The lowest BCUT2D eigenvalue weighted by Gasteiger charge is -2.34. The number of hydrogen-bond acceptors (Lipinski definition) is 5. The maximum Gasteiger partial charge on any atom is 0.414 e. The van der Waals surface area contributed by atoms with Gasteiger partial charge >= 0.3 is 12.1 Å². The maximum atomic E-state index is 13.4. The van der Waals surface area contributed by atoms with E-state index in [1.807, 2.05) is 19.1 Å². The van der Waals surface area contributed by atoms with Crippen LogP contribution in [0.5, 0.6) is 0 Å². The number of amides is 1. The van der Waals surface area contributed by atoms with Gasteiger partial charge in [0.1, 0.15) is 5.82 Å². The molecule has 2 aromatic carbocycles. The number of benzene rings is 2. The number of aromatic nitrogens is 2. The van der Waals surface area contributed by atoms with Gasteiger partial charge in [0, 0.05) is 30.2 Å². The van der Waals surface area contributed by atoms with Gasteiger partial charge in [0.15, 0.2) is 0 Å². The number of carbonyl (C=O) groups excluding carboxylic acids is 1. The first-order chi connectivity index (χ1) is 18.3. The number of aryl methyl sites for hydroxylation is 1. The van der Waals surface area contributed by atoms with Crippen LogP contribution in [-0.2, 0) is 27.1 Å². The summed E-state index contributed by atoms with van der Waals surface area (Å²) in [7, 11) is 1.35. The van der Waals surface area contributed by atoms with Crippen molar-refractivity contribution in [2.45, 2.75) is 63.5 Å². The van der Waals surface area contributed by atoms with Gasteiger partial charge in [0.2, 0.25) is 0 Å². The Morgan fingerprint density at radius 1 is 1.21 bits per heavy atom. The van der Waals surface area contributed by atoms with Crippen LogP contribution in [0.4, 0.5) is 19.3 Å². The number of aliphatic carboxylic acids is 1.